The summed E-state index contributed by atoms with van der Waals surface area (Å²) in [5.74, 6) is 4.99. The van der Waals surface area contributed by atoms with Crippen molar-refractivity contribution in [1.82, 2.24) is 14.7 Å². The monoisotopic (exact) mass is 665 g/mol. The minimum absolute atomic E-state index is 0.0276. The molecule has 0 aliphatic heterocycles. The van der Waals surface area contributed by atoms with Crippen molar-refractivity contribution in [2.24, 2.45) is 16.7 Å². The normalized spacial score (nSPS) is 11.9. The van der Waals surface area contributed by atoms with Gasteiger partial charge in [0.2, 0.25) is 6.23 Å². The third-order valence-electron chi connectivity index (χ3n) is 6.78. The van der Waals surface area contributed by atoms with Crippen LogP contribution in [0.1, 0.15) is 35.3 Å². The average Bonchev–Trinajstić information content (AvgIpc) is 3.41. The molecule has 3 aromatic carbocycles. The predicted octanol–water partition coefficient (Wildman–Crippen LogP) is 3.37. The molecule has 254 valence electrons. The Hall–Kier alpha value is -5.94. The number of hydrogen-bond donors (Lipinski definition) is 3. The Morgan fingerprint density at radius 1 is 1.04 bits per heavy atom. The maximum Gasteiger partial charge on any atom is 0.510 e. The molecule has 0 bridgehead atoms. The van der Waals surface area contributed by atoms with Crippen molar-refractivity contribution in [1.29, 1.82) is 0 Å². The number of nitrogens with zero attached hydrogens (tertiary/aromatic N) is 5. The van der Waals surface area contributed by atoms with Crippen molar-refractivity contribution in [2.75, 3.05) is 33.0 Å². The van der Waals surface area contributed by atoms with Crippen molar-refractivity contribution >= 4 is 29.0 Å². The van der Waals surface area contributed by atoms with Gasteiger partial charge in [-0.2, -0.15) is 10.1 Å². The molecule has 17 heteroatoms. The molecule has 17 nitrogen and oxygen atoms in total. The van der Waals surface area contributed by atoms with Gasteiger partial charge < -0.3 is 34.6 Å². The summed E-state index contributed by atoms with van der Waals surface area (Å²) in [7, 11) is 0. The van der Waals surface area contributed by atoms with E-state index >= 15 is 0 Å². The van der Waals surface area contributed by atoms with Gasteiger partial charge in [-0.15, -0.1) is 15.2 Å². The van der Waals surface area contributed by atoms with E-state index in [1.54, 1.807) is 28.8 Å². The summed E-state index contributed by atoms with van der Waals surface area (Å²) in [5, 5.41) is 24.0. The number of hydrogen-bond acceptors (Lipinski definition) is 13. The van der Waals surface area contributed by atoms with Crippen LogP contribution in [0.5, 0.6) is 6.01 Å². The van der Waals surface area contributed by atoms with Crippen LogP contribution in [-0.4, -0.2) is 82.1 Å². The number of amidine groups is 1. The van der Waals surface area contributed by atoms with E-state index in [0.29, 0.717) is 35.8 Å². The van der Waals surface area contributed by atoms with E-state index < -0.39 is 23.4 Å². The highest BCUT2D eigenvalue weighted by molar-refractivity contribution is 6.03. The van der Waals surface area contributed by atoms with Gasteiger partial charge in [0.25, 0.3) is 11.1 Å². The number of hydrazone groups is 1. The van der Waals surface area contributed by atoms with E-state index in [-0.39, 0.29) is 37.8 Å². The minimum Gasteiger partial charge on any atom is -0.478 e. The number of rotatable bonds is 17. The van der Waals surface area contributed by atoms with Gasteiger partial charge in [-0.3, -0.25) is 4.57 Å². The minimum atomic E-state index is -1.06. The third-order valence-corrected chi connectivity index (χ3v) is 6.78. The highest BCUT2D eigenvalue weighted by atomic mass is 17.0. The van der Waals surface area contributed by atoms with Gasteiger partial charge in [0.15, 0.2) is 5.84 Å². The van der Waals surface area contributed by atoms with Crippen molar-refractivity contribution in [3.05, 3.63) is 93.5 Å². The molecule has 0 amide bonds. The molecule has 1 aromatic heterocycles. The second-order valence-electron chi connectivity index (χ2n) is 9.98. The number of hydrazine groups is 1. The average molecular weight is 666 g/mol. The summed E-state index contributed by atoms with van der Waals surface area (Å²) in [4.78, 5) is 42.6. The molecule has 4 rings (SSSR count). The number of carbonyl (C=O) groups is 2. The fraction of sp³-hybridized carbons (Fsp3) is 0.290. The molecule has 1 unspecified atom stereocenters. The standard InChI is InChI=1S/C31H35N7O10/c1-3-45-30-34-26-10-6-9-25(29(39)40)27(26)36(30)19-21-11-13-22(14-12-21)23-7-4-5-8-24(23)28(32)35-37(33)20(2)48-31(41)46-17-15-44-16-18-47-38(42)43/h4-14,20H,3,15-19,33H2,1-2H3,(H2,32,35)(H,39,40). The lowest BCUT2D eigenvalue weighted by molar-refractivity contribution is -0.758. The number of aromatic nitrogens is 2. The number of imidazole rings is 1. The summed E-state index contributed by atoms with van der Waals surface area (Å²) in [6.07, 6.45) is -2.09. The van der Waals surface area contributed by atoms with E-state index in [0.717, 1.165) is 21.8 Å². The van der Waals surface area contributed by atoms with Crippen LogP contribution >= 0.6 is 0 Å². The van der Waals surface area contributed by atoms with Crippen LogP contribution in [0.2, 0.25) is 0 Å². The van der Waals surface area contributed by atoms with Gasteiger partial charge in [0, 0.05) is 5.56 Å². The second-order valence-corrected chi connectivity index (χ2v) is 9.98. The Morgan fingerprint density at radius 2 is 1.75 bits per heavy atom. The Kier molecular flexibility index (Phi) is 12.1. The quantitative estimate of drug-likeness (QED) is 0.0215. The van der Waals surface area contributed by atoms with Crippen LogP contribution in [-0.2, 0) is 25.6 Å². The first kappa shape index (κ1) is 34.9. The maximum absolute atomic E-state index is 12.0. The summed E-state index contributed by atoms with van der Waals surface area (Å²) >= 11 is 0. The van der Waals surface area contributed by atoms with E-state index in [1.165, 1.54) is 13.0 Å². The molecule has 1 heterocycles. The van der Waals surface area contributed by atoms with Gasteiger partial charge in [0.1, 0.15) is 13.2 Å². The molecule has 0 spiro atoms. The molecule has 48 heavy (non-hydrogen) atoms. The van der Waals surface area contributed by atoms with Crippen LogP contribution in [0.4, 0.5) is 4.79 Å². The van der Waals surface area contributed by atoms with Crippen LogP contribution in [0.15, 0.2) is 71.8 Å². The number of aromatic carboxylic acids is 1. The number of ether oxygens (including phenoxy) is 4. The highest BCUT2D eigenvalue weighted by Crippen LogP contribution is 2.28. The Bertz CT molecular complexity index is 1760. The smallest absolute Gasteiger partial charge is 0.478 e. The van der Waals surface area contributed by atoms with Crippen molar-refractivity contribution in [3.63, 3.8) is 0 Å². The third kappa shape index (κ3) is 9.08. The lowest BCUT2D eigenvalue weighted by Crippen LogP contribution is -2.40. The summed E-state index contributed by atoms with van der Waals surface area (Å²) < 4.78 is 22.5. The van der Waals surface area contributed by atoms with E-state index in [9.17, 15) is 24.8 Å². The number of carboxylic acids is 1. The number of carboxylic acid groups (broad SMARTS) is 1. The van der Waals surface area contributed by atoms with E-state index in [2.05, 4.69) is 14.9 Å². The first-order valence-electron chi connectivity index (χ1n) is 14.7. The molecule has 1 atom stereocenters. The van der Waals surface area contributed by atoms with Gasteiger partial charge in [-0.05, 0) is 42.7 Å². The molecular weight excluding hydrogens is 630 g/mol. The van der Waals surface area contributed by atoms with Crippen LogP contribution < -0.4 is 16.3 Å². The Balaban J connectivity index is 1.42. The molecule has 0 fully saturated rings. The number of fused-ring (bicyclic) bond motifs is 1. The molecule has 0 aliphatic carbocycles. The molecule has 0 saturated heterocycles. The lowest BCUT2D eigenvalue weighted by atomic mass is 9.98. The lowest BCUT2D eigenvalue weighted by Gasteiger charge is -2.21. The number of para-hydroxylation sites is 1. The highest BCUT2D eigenvalue weighted by Gasteiger charge is 2.20. The SMILES string of the molecule is CCOc1nc2cccc(C(=O)O)c2n1Cc1ccc(-c2ccccc2/C(N)=N/N(N)C(C)OC(=O)OCCOCCO[N+](=O)[O-])cc1. The van der Waals surface area contributed by atoms with E-state index in [4.69, 9.17) is 30.5 Å². The van der Waals surface area contributed by atoms with Crippen molar-refractivity contribution in [2.45, 2.75) is 26.6 Å². The predicted molar refractivity (Wildman–Crippen MR) is 171 cm³/mol. The zero-order valence-electron chi connectivity index (χ0n) is 26.2. The van der Waals surface area contributed by atoms with Crippen molar-refractivity contribution in [3.8, 4) is 17.1 Å². The largest absolute Gasteiger partial charge is 0.510 e. The first-order valence-corrected chi connectivity index (χ1v) is 14.7. The van der Waals surface area contributed by atoms with Gasteiger partial charge in [0.05, 0.1) is 43.0 Å². The molecule has 5 N–H and O–H groups in total. The van der Waals surface area contributed by atoms with Crippen molar-refractivity contribution < 1.29 is 43.6 Å². The number of benzene rings is 3. The van der Waals surface area contributed by atoms with E-state index in [1.807, 2.05) is 43.3 Å². The number of carbonyl (C=O) groups excluding carboxylic acids is 1. The summed E-state index contributed by atoms with van der Waals surface area (Å²) in [5.41, 5.74) is 10.5. The molecule has 0 saturated carbocycles. The summed E-state index contributed by atoms with van der Waals surface area (Å²) in [6.45, 7) is 3.48. The molecule has 0 radical (unpaired) electrons. The second kappa shape index (κ2) is 16.6. The van der Waals surface area contributed by atoms with Crippen LogP contribution in [0.25, 0.3) is 22.2 Å². The fourth-order valence-electron chi connectivity index (χ4n) is 4.60. The van der Waals surface area contributed by atoms with Crippen LogP contribution in [0, 0.1) is 10.1 Å². The summed E-state index contributed by atoms with van der Waals surface area (Å²) in [6, 6.07) is 20.2. The fourth-order valence-corrected chi connectivity index (χ4v) is 4.60. The zero-order valence-corrected chi connectivity index (χ0v) is 26.2. The van der Waals surface area contributed by atoms with Gasteiger partial charge in [-0.1, -0.05) is 54.6 Å². The van der Waals surface area contributed by atoms with Gasteiger partial charge >= 0.3 is 12.1 Å². The molecule has 4 aromatic rings. The Labute approximate surface area is 274 Å². The molecular formula is C31H35N7O10. The molecule has 0 aliphatic rings. The number of nitrogens with two attached hydrogens (primary N) is 2. The van der Waals surface area contributed by atoms with Crippen LogP contribution in [0.3, 0.4) is 0 Å². The topological polar surface area (TPSA) is 229 Å². The van der Waals surface area contributed by atoms with Gasteiger partial charge in [-0.25, -0.2) is 15.4 Å². The first-order chi connectivity index (χ1) is 23.1. The maximum atomic E-state index is 12.0. The Morgan fingerprint density at radius 3 is 2.46 bits per heavy atom. The zero-order chi connectivity index (χ0) is 34.6.